The van der Waals surface area contributed by atoms with E-state index < -0.39 is 17.6 Å². The third-order valence-electron chi connectivity index (χ3n) is 5.08. The van der Waals surface area contributed by atoms with Crippen molar-refractivity contribution in [2.24, 2.45) is 0 Å². The first kappa shape index (κ1) is 24.1. The van der Waals surface area contributed by atoms with Crippen LogP contribution in [0.5, 0.6) is 0 Å². The minimum absolute atomic E-state index is 0.0306. The molecule has 0 unspecified atom stereocenters. The van der Waals surface area contributed by atoms with E-state index in [4.69, 9.17) is 4.42 Å². The Hall–Kier alpha value is -5.04. The summed E-state index contributed by atoms with van der Waals surface area (Å²) in [7, 11) is 0. The van der Waals surface area contributed by atoms with Crippen molar-refractivity contribution in [3.8, 4) is 0 Å². The van der Waals surface area contributed by atoms with E-state index in [9.17, 15) is 18.8 Å². The number of allylic oxidation sites excluding steroid dienone is 1. The van der Waals surface area contributed by atoms with E-state index in [1.54, 1.807) is 72.8 Å². The molecule has 36 heavy (non-hydrogen) atoms. The van der Waals surface area contributed by atoms with E-state index in [1.807, 2.05) is 0 Å². The zero-order valence-corrected chi connectivity index (χ0v) is 19.0. The highest BCUT2D eigenvalue weighted by molar-refractivity contribution is 6.11. The number of benzene rings is 3. The molecule has 0 spiro atoms. The van der Waals surface area contributed by atoms with Crippen molar-refractivity contribution in [3.63, 3.8) is 0 Å². The quantitative estimate of drug-likeness (QED) is 0.249. The average Bonchev–Trinajstić information content (AvgIpc) is 3.43. The molecule has 0 atom stereocenters. The van der Waals surface area contributed by atoms with Crippen LogP contribution in [0.2, 0.25) is 0 Å². The summed E-state index contributed by atoms with van der Waals surface area (Å²) in [5, 5.41) is 5.33. The lowest BCUT2D eigenvalue weighted by Gasteiger charge is -2.12. The van der Waals surface area contributed by atoms with Gasteiger partial charge in [0.05, 0.1) is 6.26 Å². The molecule has 2 amide bonds. The molecular formula is C29H21FN2O4. The van der Waals surface area contributed by atoms with E-state index in [0.717, 1.165) is 0 Å². The lowest BCUT2D eigenvalue weighted by molar-refractivity contribution is -0.113. The number of rotatable bonds is 8. The monoisotopic (exact) mass is 480 g/mol. The summed E-state index contributed by atoms with van der Waals surface area (Å²) < 4.78 is 18.5. The smallest absolute Gasteiger partial charge is 0.272 e. The van der Waals surface area contributed by atoms with Crippen LogP contribution in [0.15, 0.2) is 113 Å². The molecule has 3 aromatic carbocycles. The third-order valence-corrected chi connectivity index (χ3v) is 5.08. The second-order valence-corrected chi connectivity index (χ2v) is 7.67. The molecular weight excluding hydrogens is 459 g/mol. The minimum Gasteiger partial charge on any atom is -0.465 e. The number of amides is 2. The van der Waals surface area contributed by atoms with Gasteiger partial charge in [-0.3, -0.25) is 14.4 Å². The zero-order chi connectivity index (χ0) is 25.3. The Morgan fingerprint density at radius 1 is 0.778 bits per heavy atom. The zero-order valence-electron chi connectivity index (χ0n) is 19.0. The molecule has 1 heterocycles. The normalized spacial score (nSPS) is 11.3. The standard InChI is InChI=1S/C29H21FN2O4/c30-23-12-8-20(9-13-23)19-26(32-28(34)22-5-2-1-3-6-22)29(35)31-24-14-10-21(11-15-24)27(33)17-16-25-7-4-18-36-25/h1-19H,(H,31,35)(H,32,34)/b17-16+,26-19-. The van der Waals surface area contributed by atoms with Crippen LogP contribution in [0.1, 0.15) is 32.0 Å². The van der Waals surface area contributed by atoms with E-state index >= 15 is 0 Å². The predicted molar refractivity (Wildman–Crippen MR) is 135 cm³/mol. The maximum atomic E-state index is 13.3. The van der Waals surface area contributed by atoms with Crippen molar-refractivity contribution >= 4 is 35.4 Å². The van der Waals surface area contributed by atoms with E-state index in [2.05, 4.69) is 10.6 Å². The summed E-state index contributed by atoms with van der Waals surface area (Å²) in [6, 6.07) is 23.7. The van der Waals surface area contributed by atoms with Gasteiger partial charge < -0.3 is 15.1 Å². The molecule has 0 bridgehead atoms. The van der Waals surface area contributed by atoms with Crippen LogP contribution in [0.3, 0.4) is 0 Å². The Morgan fingerprint density at radius 2 is 1.50 bits per heavy atom. The Balaban J connectivity index is 1.50. The van der Waals surface area contributed by atoms with Gasteiger partial charge in [0.2, 0.25) is 0 Å². The fraction of sp³-hybridized carbons (Fsp3) is 0. The van der Waals surface area contributed by atoms with Crippen LogP contribution in [0, 0.1) is 5.82 Å². The fourth-order valence-corrected chi connectivity index (χ4v) is 3.22. The summed E-state index contributed by atoms with van der Waals surface area (Å²) in [5.74, 6) is -1.13. The number of hydrogen-bond donors (Lipinski definition) is 2. The highest BCUT2D eigenvalue weighted by atomic mass is 19.1. The van der Waals surface area contributed by atoms with Gasteiger partial charge in [-0.15, -0.1) is 0 Å². The van der Waals surface area contributed by atoms with Gasteiger partial charge in [0, 0.05) is 16.8 Å². The van der Waals surface area contributed by atoms with Gasteiger partial charge in [-0.25, -0.2) is 4.39 Å². The highest BCUT2D eigenvalue weighted by Crippen LogP contribution is 2.15. The van der Waals surface area contributed by atoms with Crippen LogP contribution < -0.4 is 10.6 Å². The SMILES string of the molecule is O=C(Nc1ccc(C(=O)/C=C/c2ccco2)cc1)/C(=C/c1ccc(F)cc1)NC(=O)c1ccccc1. The van der Waals surface area contributed by atoms with Crippen molar-refractivity contribution in [2.75, 3.05) is 5.32 Å². The number of halogens is 1. The second-order valence-electron chi connectivity index (χ2n) is 7.67. The summed E-state index contributed by atoms with van der Waals surface area (Å²) in [6.07, 6.45) is 5.94. The number of hydrogen-bond acceptors (Lipinski definition) is 4. The predicted octanol–water partition coefficient (Wildman–Crippen LogP) is 5.72. The van der Waals surface area contributed by atoms with Gasteiger partial charge in [-0.05, 0) is 84.5 Å². The lowest BCUT2D eigenvalue weighted by Crippen LogP contribution is -2.30. The first-order chi connectivity index (χ1) is 17.5. The lowest BCUT2D eigenvalue weighted by atomic mass is 10.1. The Kier molecular flexibility index (Phi) is 7.63. The van der Waals surface area contributed by atoms with Gasteiger partial charge in [-0.1, -0.05) is 30.3 Å². The maximum Gasteiger partial charge on any atom is 0.272 e. The van der Waals surface area contributed by atoms with Gasteiger partial charge in [0.25, 0.3) is 11.8 Å². The molecule has 0 fully saturated rings. The molecule has 0 saturated heterocycles. The molecule has 178 valence electrons. The van der Waals surface area contributed by atoms with Gasteiger partial charge in [0.15, 0.2) is 5.78 Å². The fourth-order valence-electron chi connectivity index (χ4n) is 3.22. The summed E-state index contributed by atoms with van der Waals surface area (Å²) in [5.41, 5.74) is 1.72. The molecule has 6 nitrogen and oxygen atoms in total. The molecule has 0 aliphatic carbocycles. The second kappa shape index (κ2) is 11.4. The van der Waals surface area contributed by atoms with Crippen LogP contribution in [0.4, 0.5) is 10.1 Å². The van der Waals surface area contributed by atoms with Gasteiger partial charge >= 0.3 is 0 Å². The number of furan rings is 1. The first-order valence-electron chi connectivity index (χ1n) is 11.0. The van der Waals surface area contributed by atoms with Crippen LogP contribution in [0.25, 0.3) is 12.2 Å². The molecule has 1 aromatic heterocycles. The van der Waals surface area contributed by atoms with Crippen LogP contribution >= 0.6 is 0 Å². The summed E-state index contributed by atoms with van der Waals surface area (Å²) in [6.45, 7) is 0. The van der Waals surface area contributed by atoms with Crippen LogP contribution in [-0.2, 0) is 4.79 Å². The minimum atomic E-state index is -0.583. The molecule has 4 rings (SSSR count). The van der Waals surface area contributed by atoms with E-state index in [1.165, 1.54) is 42.7 Å². The molecule has 2 N–H and O–H groups in total. The van der Waals surface area contributed by atoms with Gasteiger partial charge in [-0.2, -0.15) is 0 Å². The molecule has 0 radical (unpaired) electrons. The average molecular weight is 480 g/mol. The number of carbonyl (C=O) groups is 3. The molecule has 7 heteroatoms. The first-order valence-corrected chi connectivity index (χ1v) is 11.0. The topological polar surface area (TPSA) is 88.4 Å². The van der Waals surface area contributed by atoms with Crippen LogP contribution in [-0.4, -0.2) is 17.6 Å². The van der Waals surface area contributed by atoms with Crippen molar-refractivity contribution in [1.29, 1.82) is 0 Å². The van der Waals surface area contributed by atoms with Crippen molar-refractivity contribution < 1.29 is 23.2 Å². The Morgan fingerprint density at radius 3 is 2.17 bits per heavy atom. The molecule has 0 aliphatic rings. The maximum absolute atomic E-state index is 13.3. The molecule has 0 aliphatic heterocycles. The van der Waals surface area contributed by atoms with Crippen molar-refractivity contribution in [1.82, 2.24) is 5.32 Å². The Bertz CT molecular complexity index is 1410. The summed E-state index contributed by atoms with van der Waals surface area (Å²) >= 11 is 0. The highest BCUT2D eigenvalue weighted by Gasteiger charge is 2.15. The molecule has 4 aromatic rings. The van der Waals surface area contributed by atoms with E-state index in [0.29, 0.717) is 28.1 Å². The van der Waals surface area contributed by atoms with Crippen molar-refractivity contribution in [3.05, 3.63) is 137 Å². The third kappa shape index (κ3) is 6.51. The Labute approximate surface area is 206 Å². The largest absolute Gasteiger partial charge is 0.465 e. The number of ketones is 1. The number of anilines is 1. The number of nitrogens with one attached hydrogen (secondary N) is 2. The van der Waals surface area contributed by atoms with E-state index in [-0.39, 0.29) is 11.5 Å². The van der Waals surface area contributed by atoms with Gasteiger partial charge in [0.1, 0.15) is 17.3 Å². The summed E-state index contributed by atoms with van der Waals surface area (Å²) in [4.78, 5) is 38.1. The number of carbonyl (C=O) groups excluding carboxylic acids is 3. The van der Waals surface area contributed by atoms with Crippen molar-refractivity contribution in [2.45, 2.75) is 0 Å². The molecule has 0 saturated carbocycles.